The van der Waals surface area contributed by atoms with Crippen molar-refractivity contribution < 1.29 is 28.2 Å². The molecule has 2 aromatic heterocycles. The molecule has 0 aliphatic carbocycles. The highest BCUT2D eigenvalue weighted by molar-refractivity contribution is 6.30. The molecule has 158 valence electrons. The van der Waals surface area contributed by atoms with Crippen LogP contribution in [0.1, 0.15) is 11.1 Å². The van der Waals surface area contributed by atoms with Crippen LogP contribution in [0, 0.1) is 19.7 Å². The van der Waals surface area contributed by atoms with E-state index in [4.69, 9.17) is 30.6 Å². The Morgan fingerprint density at radius 3 is 2.61 bits per heavy atom. The van der Waals surface area contributed by atoms with Crippen LogP contribution in [-0.2, 0) is 4.79 Å². The maximum Gasteiger partial charge on any atom is 0.341 e. The molecule has 0 saturated carbocycles. The van der Waals surface area contributed by atoms with Gasteiger partial charge in [-0.15, -0.1) is 0 Å². The number of benzene rings is 2. The number of oxazole rings is 1. The van der Waals surface area contributed by atoms with Crippen LogP contribution in [-0.4, -0.2) is 32.6 Å². The van der Waals surface area contributed by atoms with E-state index in [0.717, 1.165) is 17.2 Å². The lowest BCUT2D eigenvalue weighted by molar-refractivity contribution is -0.139. The third-order valence-electron chi connectivity index (χ3n) is 4.27. The fourth-order valence-corrected chi connectivity index (χ4v) is 3.14. The molecule has 0 amide bonds. The Balaban J connectivity index is 1.63. The molecule has 0 spiro atoms. The molecule has 0 bridgehead atoms. The number of halogens is 2. The summed E-state index contributed by atoms with van der Waals surface area (Å²) in [5.41, 5.74) is 2.66. The predicted octanol–water partition coefficient (Wildman–Crippen LogP) is 4.95. The largest absolute Gasteiger partial charge is 0.481 e. The van der Waals surface area contributed by atoms with Crippen molar-refractivity contribution in [2.75, 3.05) is 6.61 Å². The summed E-state index contributed by atoms with van der Waals surface area (Å²) in [5, 5.41) is 9.05. The first kappa shape index (κ1) is 20.5. The van der Waals surface area contributed by atoms with E-state index >= 15 is 0 Å². The molecular weight excluding hydrogens is 429 g/mol. The van der Waals surface area contributed by atoms with Gasteiger partial charge in [0.25, 0.3) is 5.71 Å². The second kappa shape index (κ2) is 8.19. The second-order valence-corrected chi connectivity index (χ2v) is 7.10. The lowest BCUT2D eigenvalue weighted by Gasteiger charge is -2.11. The zero-order chi connectivity index (χ0) is 22.1. The molecule has 2 heterocycles. The molecule has 0 aliphatic heterocycles. The molecule has 2 aromatic carbocycles. The first-order valence-corrected chi connectivity index (χ1v) is 9.40. The maximum atomic E-state index is 13.9. The molecule has 0 fully saturated rings. The molecule has 31 heavy (non-hydrogen) atoms. The summed E-state index contributed by atoms with van der Waals surface area (Å²) < 4.78 is 30.4. The van der Waals surface area contributed by atoms with E-state index in [1.807, 2.05) is 0 Å². The number of hydrogen-bond donors (Lipinski definition) is 1. The van der Waals surface area contributed by atoms with E-state index in [-0.39, 0.29) is 28.4 Å². The SMILES string of the molecule is Cc1cc(-c2nc3cnc(Oc4ccc(Cl)cc4F)nc3o2)cc(C)c1OCC(=O)O. The number of rotatable bonds is 6. The zero-order valence-corrected chi connectivity index (χ0v) is 17.1. The monoisotopic (exact) mass is 443 g/mol. The fourth-order valence-electron chi connectivity index (χ4n) is 2.98. The van der Waals surface area contributed by atoms with Crippen molar-refractivity contribution in [1.82, 2.24) is 15.0 Å². The third kappa shape index (κ3) is 4.41. The standard InChI is InChI=1S/C21H15ClFN3O5/c1-10-5-12(6-11(2)18(10)29-9-17(27)28)19-25-15-8-24-21(26-20(15)31-19)30-16-4-3-13(22)7-14(16)23/h3-8H,9H2,1-2H3,(H,27,28). The Morgan fingerprint density at radius 1 is 1.19 bits per heavy atom. The molecule has 10 heteroatoms. The molecule has 1 N–H and O–H groups in total. The van der Waals surface area contributed by atoms with Crippen LogP contribution >= 0.6 is 11.6 Å². The quantitative estimate of drug-likeness (QED) is 0.446. The molecule has 4 aromatic rings. The lowest BCUT2D eigenvalue weighted by Crippen LogP contribution is -2.10. The van der Waals surface area contributed by atoms with Crippen molar-refractivity contribution in [3.05, 3.63) is 58.5 Å². The Bertz CT molecular complexity index is 1280. The van der Waals surface area contributed by atoms with E-state index in [1.54, 1.807) is 26.0 Å². The number of nitrogens with zero attached hydrogens (tertiary/aromatic N) is 3. The highest BCUT2D eigenvalue weighted by Gasteiger charge is 2.16. The zero-order valence-electron chi connectivity index (χ0n) is 16.3. The normalized spacial score (nSPS) is 11.0. The van der Waals surface area contributed by atoms with Crippen LogP contribution in [0.15, 0.2) is 40.9 Å². The number of aliphatic carboxylic acids is 1. The Hall–Kier alpha value is -3.72. The van der Waals surface area contributed by atoms with Crippen molar-refractivity contribution in [2.24, 2.45) is 0 Å². The van der Waals surface area contributed by atoms with E-state index < -0.39 is 18.4 Å². The highest BCUT2D eigenvalue weighted by atomic mass is 35.5. The van der Waals surface area contributed by atoms with Crippen molar-refractivity contribution in [3.8, 4) is 29.0 Å². The average molecular weight is 444 g/mol. The summed E-state index contributed by atoms with van der Waals surface area (Å²) in [5.74, 6) is -1.01. The summed E-state index contributed by atoms with van der Waals surface area (Å²) in [6.45, 7) is 3.15. The van der Waals surface area contributed by atoms with Crippen LogP contribution < -0.4 is 9.47 Å². The number of fused-ring (bicyclic) bond motifs is 1. The van der Waals surface area contributed by atoms with Gasteiger partial charge in [-0.2, -0.15) is 4.98 Å². The third-order valence-corrected chi connectivity index (χ3v) is 4.51. The number of aromatic nitrogens is 3. The van der Waals surface area contributed by atoms with Gasteiger partial charge in [0, 0.05) is 10.6 Å². The number of carboxylic acid groups (broad SMARTS) is 1. The van der Waals surface area contributed by atoms with Crippen LogP contribution in [0.5, 0.6) is 17.5 Å². The smallest absolute Gasteiger partial charge is 0.341 e. The molecule has 0 radical (unpaired) electrons. The highest BCUT2D eigenvalue weighted by Crippen LogP contribution is 2.32. The van der Waals surface area contributed by atoms with Crippen molar-refractivity contribution in [2.45, 2.75) is 13.8 Å². The Labute approximate surface area is 180 Å². The molecule has 0 atom stereocenters. The Kier molecular flexibility index (Phi) is 5.43. The molecule has 8 nitrogen and oxygen atoms in total. The molecule has 0 unspecified atom stereocenters. The summed E-state index contributed by atoms with van der Waals surface area (Å²) in [6, 6.07) is 7.40. The lowest BCUT2D eigenvalue weighted by atomic mass is 10.1. The number of ether oxygens (including phenoxy) is 2. The minimum Gasteiger partial charge on any atom is -0.481 e. The van der Waals surface area contributed by atoms with Crippen molar-refractivity contribution in [1.29, 1.82) is 0 Å². The average Bonchev–Trinajstić information content (AvgIpc) is 3.12. The van der Waals surface area contributed by atoms with E-state index in [2.05, 4.69) is 15.0 Å². The minimum absolute atomic E-state index is 0.0771. The van der Waals surface area contributed by atoms with Gasteiger partial charge < -0.3 is 19.0 Å². The van der Waals surface area contributed by atoms with Gasteiger partial charge in [-0.3, -0.25) is 0 Å². The Morgan fingerprint density at radius 2 is 1.94 bits per heavy atom. The summed E-state index contributed by atoms with van der Waals surface area (Å²) in [4.78, 5) is 23.3. The van der Waals surface area contributed by atoms with Gasteiger partial charge in [0.2, 0.25) is 5.89 Å². The predicted molar refractivity (Wildman–Crippen MR) is 109 cm³/mol. The fraction of sp³-hybridized carbons (Fsp3) is 0.143. The number of hydrogen-bond acceptors (Lipinski definition) is 7. The molecule has 0 saturated heterocycles. The van der Waals surface area contributed by atoms with Gasteiger partial charge in [0.15, 0.2) is 18.2 Å². The number of carboxylic acids is 1. The van der Waals surface area contributed by atoms with Gasteiger partial charge in [-0.25, -0.2) is 19.2 Å². The van der Waals surface area contributed by atoms with Crippen LogP contribution in [0.2, 0.25) is 5.02 Å². The van der Waals surface area contributed by atoms with Gasteiger partial charge >= 0.3 is 12.0 Å². The van der Waals surface area contributed by atoms with E-state index in [0.29, 0.717) is 16.8 Å². The molecular formula is C21H15ClFN3O5. The summed E-state index contributed by atoms with van der Waals surface area (Å²) in [6.07, 6.45) is 1.41. The van der Waals surface area contributed by atoms with Crippen molar-refractivity contribution in [3.63, 3.8) is 0 Å². The topological polar surface area (TPSA) is 108 Å². The molecule has 0 aliphatic rings. The van der Waals surface area contributed by atoms with E-state index in [1.165, 1.54) is 18.3 Å². The van der Waals surface area contributed by atoms with Crippen LogP contribution in [0.4, 0.5) is 4.39 Å². The summed E-state index contributed by atoms with van der Waals surface area (Å²) in [7, 11) is 0. The van der Waals surface area contributed by atoms with Crippen molar-refractivity contribution >= 4 is 28.8 Å². The first-order valence-electron chi connectivity index (χ1n) is 9.03. The van der Waals surface area contributed by atoms with Crippen LogP contribution in [0.25, 0.3) is 22.7 Å². The molecule has 4 rings (SSSR count). The van der Waals surface area contributed by atoms with Gasteiger partial charge in [0.05, 0.1) is 6.20 Å². The minimum atomic E-state index is -1.06. The van der Waals surface area contributed by atoms with Crippen LogP contribution in [0.3, 0.4) is 0 Å². The second-order valence-electron chi connectivity index (χ2n) is 6.66. The first-order chi connectivity index (χ1) is 14.8. The van der Waals surface area contributed by atoms with Gasteiger partial charge in [-0.1, -0.05) is 11.6 Å². The van der Waals surface area contributed by atoms with Gasteiger partial charge in [-0.05, 0) is 55.3 Å². The summed E-state index contributed by atoms with van der Waals surface area (Å²) >= 11 is 5.74. The van der Waals surface area contributed by atoms with E-state index in [9.17, 15) is 9.18 Å². The number of aryl methyl sites for hydroxylation is 2. The maximum absolute atomic E-state index is 13.9. The number of carbonyl (C=O) groups is 1. The van der Waals surface area contributed by atoms with Gasteiger partial charge in [0.1, 0.15) is 11.3 Å².